The first-order valence-electron chi connectivity index (χ1n) is 9.05. The van der Waals surface area contributed by atoms with Crippen LogP contribution in [-0.2, 0) is 24.8 Å². The van der Waals surface area contributed by atoms with Crippen LogP contribution >= 0.6 is 0 Å². The number of benzene rings is 2. The first-order valence-corrected chi connectivity index (χ1v) is 12.0. The number of rotatable bonds is 6. The zero-order chi connectivity index (χ0) is 21.2. The molecule has 29 heavy (non-hydrogen) atoms. The molecule has 0 bridgehead atoms. The van der Waals surface area contributed by atoms with Gasteiger partial charge in [0.05, 0.1) is 15.5 Å². The number of hydrogen-bond donors (Lipinski definition) is 2. The Balaban J connectivity index is 1.90. The molecule has 2 N–H and O–H groups in total. The van der Waals surface area contributed by atoms with Gasteiger partial charge in [0.2, 0.25) is 10.0 Å². The van der Waals surface area contributed by atoms with E-state index in [0.717, 1.165) is 9.87 Å². The van der Waals surface area contributed by atoms with Gasteiger partial charge in [-0.05, 0) is 56.5 Å². The number of carbonyl (C=O) groups is 1. The molecule has 0 saturated carbocycles. The van der Waals surface area contributed by atoms with E-state index in [2.05, 4.69) is 4.72 Å². The lowest BCUT2D eigenvalue weighted by atomic mass is 10.1. The van der Waals surface area contributed by atoms with Gasteiger partial charge < -0.3 is 5.11 Å². The van der Waals surface area contributed by atoms with E-state index < -0.39 is 32.1 Å². The fraction of sp³-hybridized carbons (Fsp3) is 0.316. The molecule has 1 fully saturated rings. The van der Waals surface area contributed by atoms with Crippen molar-refractivity contribution in [1.82, 2.24) is 4.31 Å². The second-order valence-electron chi connectivity index (χ2n) is 6.91. The van der Waals surface area contributed by atoms with Crippen molar-refractivity contribution in [2.75, 3.05) is 11.3 Å². The van der Waals surface area contributed by atoms with Crippen LogP contribution in [0, 0.1) is 6.92 Å². The van der Waals surface area contributed by atoms with Gasteiger partial charge >= 0.3 is 5.97 Å². The van der Waals surface area contributed by atoms with E-state index in [1.807, 2.05) is 6.92 Å². The van der Waals surface area contributed by atoms with Crippen molar-refractivity contribution in [1.29, 1.82) is 0 Å². The molecule has 0 amide bonds. The van der Waals surface area contributed by atoms with Crippen molar-refractivity contribution < 1.29 is 26.7 Å². The quantitative estimate of drug-likeness (QED) is 0.714. The van der Waals surface area contributed by atoms with Crippen molar-refractivity contribution >= 4 is 31.7 Å². The minimum atomic E-state index is -4.09. The summed E-state index contributed by atoms with van der Waals surface area (Å²) in [6, 6.07) is 10.5. The summed E-state index contributed by atoms with van der Waals surface area (Å²) >= 11 is 0. The molecule has 156 valence electrons. The van der Waals surface area contributed by atoms with E-state index in [1.54, 1.807) is 12.1 Å². The Morgan fingerprint density at radius 1 is 1.03 bits per heavy atom. The van der Waals surface area contributed by atoms with Crippen LogP contribution < -0.4 is 4.72 Å². The highest BCUT2D eigenvalue weighted by Crippen LogP contribution is 2.27. The van der Waals surface area contributed by atoms with Crippen LogP contribution in [0.3, 0.4) is 0 Å². The smallest absolute Gasteiger partial charge is 0.322 e. The Morgan fingerprint density at radius 2 is 1.72 bits per heavy atom. The maximum absolute atomic E-state index is 13.0. The summed E-state index contributed by atoms with van der Waals surface area (Å²) in [4.78, 5) is 11.4. The van der Waals surface area contributed by atoms with E-state index in [1.165, 1.54) is 36.4 Å². The number of carboxylic acid groups (broad SMARTS) is 1. The van der Waals surface area contributed by atoms with E-state index >= 15 is 0 Å². The van der Waals surface area contributed by atoms with Crippen LogP contribution in [0.1, 0.15) is 24.8 Å². The van der Waals surface area contributed by atoms with Crippen molar-refractivity contribution in [3.8, 4) is 0 Å². The third-order valence-electron chi connectivity index (χ3n) is 4.76. The molecule has 1 heterocycles. The fourth-order valence-corrected chi connectivity index (χ4v) is 5.97. The number of sulfonamides is 2. The van der Waals surface area contributed by atoms with Crippen LogP contribution in [0.4, 0.5) is 5.69 Å². The molecule has 1 aliphatic rings. The highest BCUT2D eigenvalue weighted by atomic mass is 32.2. The van der Waals surface area contributed by atoms with Crippen LogP contribution in [0.5, 0.6) is 0 Å². The maximum Gasteiger partial charge on any atom is 0.322 e. The summed E-state index contributed by atoms with van der Waals surface area (Å²) in [5, 5.41) is 9.37. The normalized spacial score (nSPS) is 18.3. The molecule has 1 unspecified atom stereocenters. The Kier molecular flexibility index (Phi) is 5.97. The lowest BCUT2D eigenvalue weighted by molar-refractivity contribution is -0.142. The average Bonchev–Trinajstić information content (AvgIpc) is 2.68. The van der Waals surface area contributed by atoms with E-state index in [4.69, 9.17) is 0 Å². The molecule has 3 rings (SSSR count). The van der Waals surface area contributed by atoms with Gasteiger partial charge in [-0.2, -0.15) is 4.31 Å². The summed E-state index contributed by atoms with van der Waals surface area (Å²) in [5.41, 5.74) is 0.988. The number of nitrogens with zero attached hydrogens (tertiary/aromatic N) is 1. The summed E-state index contributed by atoms with van der Waals surface area (Å²) in [6.07, 6.45) is 1.45. The maximum atomic E-state index is 13.0. The molecular formula is C19H22N2O6S2. The zero-order valence-corrected chi connectivity index (χ0v) is 17.4. The molecule has 2 aromatic carbocycles. The average molecular weight is 439 g/mol. The predicted molar refractivity (Wildman–Crippen MR) is 108 cm³/mol. The molecular weight excluding hydrogens is 416 g/mol. The van der Waals surface area contributed by atoms with E-state index in [9.17, 15) is 26.7 Å². The van der Waals surface area contributed by atoms with Gasteiger partial charge in [-0.1, -0.05) is 23.8 Å². The lowest BCUT2D eigenvalue weighted by Gasteiger charge is -2.31. The number of aliphatic carboxylic acids is 1. The lowest BCUT2D eigenvalue weighted by Crippen LogP contribution is -2.47. The molecule has 8 nitrogen and oxygen atoms in total. The number of anilines is 1. The van der Waals surface area contributed by atoms with Gasteiger partial charge in [0.1, 0.15) is 6.04 Å². The van der Waals surface area contributed by atoms with E-state index in [0.29, 0.717) is 12.8 Å². The minimum absolute atomic E-state index is 0.0540. The molecule has 1 saturated heterocycles. The topological polar surface area (TPSA) is 121 Å². The fourth-order valence-electron chi connectivity index (χ4n) is 3.23. The van der Waals surface area contributed by atoms with Crippen molar-refractivity contribution in [3.63, 3.8) is 0 Å². The van der Waals surface area contributed by atoms with Crippen molar-refractivity contribution in [3.05, 3.63) is 54.1 Å². The molecule has 1 atom stereocenters. The molecule has 0 aromatic heterocycles. The number of piperidine rings is 1. The highest BCUT2D eigenvalue weighted by Gasteiger charge is 2.37. The zero-order valence-electron chi connectivity index (χ0n) is 15.8. The molecule has 1 aliphatic heterocycles. The van der Waals surface area contributed by atoms with Gasteiger partial charge in [-0.25, -0.2) is 16.8 Å². The summed E-state index contributed by atoms with van der Waals surface area (Å²) in [6.45, 7) is 1.95. The van der Waals surface area contributed by atoms with Gasteiger partial charge in [0.25, 0.3) is 10.0 Å². The first kappa shape index (κ1) is 21.3. The Labute approximate surface area is 170 Å². The molecule has 10 heteroatoms. The van der Waals surface area contributed by atoms with Crippen LogP contribution in [-0.4, -0.2) is 44.8 Å². The van der Waals surface area contributed by atoms with Crippen LogP contribution in [0.25, 0.3) is 0 Å². The second-order valence-corrected chi connectivity index (χ2v) is 10.5. The molecule has 0 spiro atoms. The Morgan fingerprint density at radius 3 is 2.38 bits per heavy atom. The van der Waals surface area contributed by atoms with Crippen LogP contribution in [0.2, 0.25) is 0 Å². The number of hydrogen-bond acceptors (Lipinski definition) is 5. The largest absolute Gasteiger partial charge is 0.480 e. The SMILES string of the molecule is Cc1ccc(S(=O)(=O)Nc2cccc(S(=O)(=O)N3CCCCC3C(=O)O)c2)cc1. The van der Waals surface area contributed by atoms with Crippen molar-refractivity contribution in [2.24, 2.45) is 0 Å². The second kappa shape index (κ2) is 8.13. The third kappa shape index (κ3) is 4.60. The number of nitrogens with one attached hydrogen (secondary N) is 1. The monoisotopic (exact) mass is 438 g/mol. The summed E-state index contributed by atoms with van der Waals surface area (Å²) in [5.74, 6) is -1.19. The number of aryl methyl sites for hydroxylation is 1. The Bertz CT molecular complexity index is 1110. The molecule has 2 aromatic rings. The van der Waals surface area contributed by atoms with Gasteiger partial charge in [-0.15, -0.1) is 0 Å². The predicted octanol–water partition coefficient (Wildman–Crippen LogP) is 2.42. The van der Waals surface area contributed by atoms with Gasteiger partial charge in [-0.3, -0.25) is 9.52 Å². The summed E-state index contributed by atoms with van der Waals surface area (Å²) < 4.78 is 54.5. The van der Waals surface area contributed by atoms with Crippen LogP contribution in [0.15, 0.2) is 58.3 Å². The third-order valence-corrected chi connectivity index (χ3v) is 8.06. The first-order chi connectivity index (χ1) is 13.6. The van der Waals surface area contributed by atoms with Gasteiger partial charge in [0.15, 0.2) is 0 Å². The molecule has 0 radical (unpaired) electrons. The molecule has 0 aliphatic carbocycles. The summed E-state index contributed by atoms with van der Waals surface area (Å²) in [7, 11) is -7.98. The highest BCUT2D eigenvalue weighted by molar-refractivity contribution is 7.92. The standard InChI is InChI=1S/C19H22N2O6S2/c1-14-8-10-16(11-9-14)28(24,25)20-15-5-4-6-17(13-15)29(26,27)21-12-3-2-7-18(21)19(22)23/h4-6,8-11,13,18,20H,2-3,7,12H2,1H3,(H,22,23). The van der Waals surface area contributed by atoms with Gasteiger partial charge in [0, 0.05) is 6.54 Å². The van der Waals surface area contributed by atoms with E-state index in [-0.39, 0.29) is 28.4 Å². The van der Waals surface area contributed by atoms with Crippen molar-refractivity contribution in [2.45, 2.75) is 42.0 Å². The minimum Gasteiger partial charge on any atom is -0.480 e. The Hall–Kier alpha value is -2.43. The number of carboxylic acids is 1.